The SMILES string of the molecule is C=C(Cl)N=C(Cl)N(C)OCC. The molecule has 64 valence electrons. The van der Waals surface area contributed by atoms with Gasteiger partial charge in [-0.3, -0.25) is 4.84 Å². The van der Waals surface area contributed by atoms with Gasteiger partial charge in [-0.2, -0.15) is 0 Å². The summed E-state index contributed by atoms with van der Waals surface area (Å²) >= 11 is 11.0. The molecular weight excluding hydrogens is 187 g/mol. The highest BCUT2D eigenvalue weighted by atomic mass is 35.5. The van der Waals surface area contributed by atoms with Gasteiger partial charge in [-0.05, 0) is 18.5 Å². The van der Waals surface area contributed by atoms with E-state index >= 15 is 0 Å². The summed E-state index contributed by atoms with van der Waals surface area (Å²) < 4.78 is 0. The highest BCUT2D eigenvalue weighted by Crippen LogP contribution is 2.03. The lowest BCUT2D eigenvalue weighted by atomic mass is 10.9. The molecule has 0 unspecified atom stereocenters. The zero-order valence-electron chi connectivity index (χ0n) is 6.47. The number of amidine groups is 1. The molecule has 0 heterocycles. The largest absolute Gasteiger partial charge is 0.272 e. The second-order valence-electron chi connectivity index (χ2n) is 1.67. The molecule has 0 aromatic carbocycles. The van der Waals surface area contributed by atoms with E-state index in [9.17, 15) is 0 Å². The first-order valence-corrected chi connectivity index (χ1v) is 3.78. The molecule has 0 N–H and O–H groups in total. The van der Waals surface area contributed by atoms with Crippen molar-refractivity contribution in [3.8, 4) is 0 Å². The highest BCUT2D eigenvalue weighted by Gasteiger charge is 2.01. The maximum Gasteiger partial charge on any atom is 0.223 e. The van der Waals surface area contributed by atoms with Gasteiger partial charge in [0.2, 0.25) is 5.29 Å². The molecule has 0 aliphatic carbocycles. The lowest BCUT2D eigenvalue weighted by Gasteiger charge is -2.14. The van der Waals surface area contributed by atoms with Gasteiger partial charge in [0.05, 0.1) is 6.61 Å². The summed E-state index contributed by atoms with van der Waals surface area (Å²) in [6.45, 7) is 5.72. The van der Waals surface area contributed by atoms with Crippen molar-refractivity contribution in [3.05, 3.63) is 11.7 Å². The van der Waals surface area contributed by atoms with Crippen LogP contribution in [0, 0.1) is 0 Å². The fraction of sp³-hybridized carbons (Fsp3) is 0.500. The van der Waals surface area contributed by atoms with E-state index in [0.717, 1.165) is 0 Å². The van der Waals surface area contributed by atoms with Crippen molar-refractivity contribution in [2.45, 2.75) is 6.92 Å². The molecule has 11 heavy (non-hydrogen) atoms. The van der Waals surface area contributed by atoms with Crippen molar-refractivity contribution < 1.29 is 4.84 Å². The van der Waals surface area contributed by atoms with Crippen molar-refractivity contribution in [2.24, 2.45) is 4.99 Å². The molecule has 0 aliphatic rings. The fourth-order valence-corrected chi connectivity index (χ4v) is 0.692. The Morgan fingerprint density at radius 2 is 2.18 bits per heavy atom. The average molecular weight is 197 g/mol. The number of aliphatic imine (C=N–C) groups is 1. The van der Waals surface area contributed by atoms with E-state index in [1.165, 1.54) is 5.06 Å². The Kier molecular flexibility index (Phi) is 5.28. The van der Waals surface area contributed by atoms with Crippen LogP contribution in [0.4, 0.5) is 0 Å². The molecule has 0 atom stereocenters. The highest BCUT2D eigenvalue weighted by molar-refractivity contribution is 6.64. The van der Waals surface area contributed by atoms with Crippen LogP contribution in [0.2, 0.25) is 0 Å². The topological polar surface area (TPSA) is 24.8 Å². The molecule has 0 radical (unpaired) electrons. The van der Waals surface area contributed by atoms with Crippen molar-refractivity contribution in [1.29, 1.82) is 0 Å². The van der Waals surface area contributed by atoms with Gasteiger partial charge in [-0.15, -0.1) is 0 Å². The minimum Gasteiger partial charge on any atom is -0.272 e. The van der Waals surface area contributed by atoms with Gasteiger partial charge >= 0.3 is 0 Å². The molecule has 0 aromatic rings. The summed E-state index contributed by atoms with van der Waals surface area (Å²) in [4.78, 5) is 8.63. The normalized spacial score (nSPS) is 11.5. The molecule has 0 rings (SSSR count). The number of halogens is 2. The fourth-order valence-electron chi connectivity index (χ4n) is 0.417. The number of rotatable bonds is 3. The van der Waals surface area contributed by atoms with E-state index in [1.54, 1.807) is 7.05 Å². The van der Waals surface area contributed by atoms with Crippen molar-refractivity contribution in [3.63, 3.8) is 0 Å². The summed E-state index contributed by atoms with van der Waals surface area (Å²) in [7, 11) is 1.63. The second-order valence-corrected chi connectivity index (χ2v) is 2.45. The summed E-state index contributed by atoms with van der Waals surface area (Å²) in [6.07, 6.45) is 0. The molecular formula is C6H10Cl2N2O. The molecule has 0 spiro atoms. The zero-order chi connectivity index (χ0) is 8.85. The summed E-state index contributed by atoms with van der Waals surface area (Å²) in [5.74, 6) is 0. The minimum atomic E-state index is 0.126. The average Bonchev–Trinajstić information content (AvgIpc) is 1.86. The Hall–Kier alpha value is -0.250. The Morgan fingerprint density at radius 3 is 2.55 bits per heavy atom. The minimum absolute atomic E-state index is 0.126. The molecule has 3 nitrogen and oxygen atoms in total. The lowest BCUT2D eigenvalue weighted by Crippen LogP contribution is -2.22. The number of hydrogen-bond acceptors (Lipinski definition) is 2. The lowest BCUT2D eigenvalue weighted by molar-refractivity contribution is -0.0700. The van der Waals surface area contributed by atoms with Gasteiger partial charge in [0.25, 0.3) is 0 Å². The smallest absolute Gasteiger partial charge is 0.223 e. The van der Waals surface area contributed by atoms with Gasteiger partial charge in [0.1, 0.15) is 5.16 Å². The van der Waals surface area contributed by atoms with Crippen LogP contribution in [-0.2, 0) is 4.84 Å². The molecule has 0 aliphatic heterocycles. The van der Waals surface area contributed by atoms with E-state index < -0.39 is 0 Å². The third-order valence-corrected chi connectivity index (χ3v) is 1.20. The summed E-state index contributed by atoms with van der Waals surface area (Å²) in [5.41, 5.74) is 0. The molecule has 0 saturated carbocycles. The third-order valence-electron chi connectivity index (χ3n) is 0.796. The number of hydroxylamine groups is 2. The number of nitrogens with zero attached hydrogens (tertiary/aromatic N) is 2. The Labute approximate surface area is 76.2 Å². The molecule has 0 aromatic heterocycles. The Morgan fingerprint density at radius 1 is 1.64 bits per heavy atom. The summed E-state index contributed by atoms with van der Waals surface area (Å²) in [5, 5.41) is 1.60. The van der Waals surface area contributed by atoms with Crippen LogP contribution in [-0.4, -0.2) is 24.0 Å². The second kappa shape index (κ2) is 5.41. The van der Waals surface area contributed by atoms with Crippen molar-refractivity contribution >= 4 is 28.5 Å². The predicted molar refractivity (Wildman–Crippen MR) is 47.7 cm³/mol. The Balaban J connectivity index is 4.00. The molecule has 0 bridgehead atoms. The monoisotopic (exact) mass is 196 g/mol. The zero-order valence-corrected chi connectivity index (χ0v) is 7.98. The van der Waals surface area contributed by atoms with Crippen LogP contribution < -0.4 is 0 Å². The standard InChI is InChI=1S/C6H10Cl2N2O/c1-4-11-10(3)6(8)9-5(2)7/h2,4H2,1,3H3. The molecule has 0 fully saturated rings. The molecule has 0 saturated heterocycles. The number of hydrogen-bond donors (Lipinski definition) is 0. The molecule has 5 heteroatoms. The van der Waals surface area contributed by atoms with Crippen LogP contribution in [0.5, 0.6) is 0 Å². The van der Waals surface area contributed by atoms with E-state index in [1.807, 2.05) is 6.92 Å². The first-order chi connectivity index (χ1) is 5.07. The van der Waals surface area contributed by atoms with Gasteiger partial charge in [-0.1, -0.05) is 18.2 Å². The predicted octanol–water partition coefficient (Wildman–Crippen LogP) is 2.17. The van der Waals surface area contributed by atoms with Crippen LogP contribution >= 0.6 is 23.2 Å². The maximum absolute atomic E-state index is 5.61. The van der Waals surface area contributed by atoms with Crippen LogP contribution in [0.3, 0.4) is 0 Å². The van der Waals surface area contributed by atoms with Gasteiger partial charge in [0.15, 0.2) is 0 Å². The van der Waals surface area contributed by atoms with E-state index in [2.05, 4.69) is 11.6 Å². The van der Waals surface area contributed by atoms with E-state index in [0.29, 0.717) is 6.61 Å². The maximum atomic E-state index is 5.61. The van der Waals surface area contributed by atoms with E-state index in [4.69, 9.17) is 28.0 Å². The molecule has 0 amide bonds. The summed E-state index contributed by atoms with van der Waals surface area (Å²) in [6, 6.07) is 0. The Bertz CT molecular complexity index is 170. The first-order valence-electron chi connectivity index (χ1n) is 3.03. The third kappa shape index (κ3) is 5.07. The first kappa shape index (κ1) is 10.8. The van der Waals surface area contributed by atoms with Crippen LogP contribution in [0.15, 0.2) is 16.7 Å². The van der Waals surface area contributed by atoms with Gasteiger partial charge < -0.3 is 0 Å². The quantitative estimate of drug-likeness (QED) is 0.300. The van der Waals surface area contributed by atoms with Crippen molar-refractivity contribution in [1.82, 2.24) is 5.06 Å². The van der Waals surface area contributed by atoms with Gasteiger partial charge in [0, 0.05) is 7.05 Å². The van der Waals surface area contributed by atoms with Crippen LogP contribution in [0.25, 0.3) is 0 Å². The van der Waals surface area contributed by atoms with Gasteiger partial charge in [-0.25, -0.2) is 10.1 Å². The van der Waals surface area contributed by atoms with E-state index in [-0.39, 0.29) is 10.5 Å². The van der Waals surface area contributed by atoms with Crippen LogP contribution in [0.1, 0.15) is 6.92 Å². The van der Waals surface area contributed by atoms with Crippen molar-refractivity contribution in [2.75, 3.05) is 13.7 Å².